The molecule has 224 valence electrons. The highest BCUT2D eigenvalue weighted by Crippen LogP contribution is 2.39. The van der Waals surface area contributed by atoms with Gasteiger partial charge in [-0.3, -0.25) is 0 Å². The third kappa shape index (κ3) is 6.52. The lowest BCUT2D eigenvalue weighted by Crippen LogP contribution is -2.33. The number of carbonyl (C=O) groups is 1. The number of halogens is 4. The number of benzene rings is 2. The first-order valence-electron chi connectivity index (χ1n) is 13.8. The van der Waals surface area contributed by atoms with Gasteiger partial charge in [0.15, 0.2) is 6.04 Å². The van der Waals surface area contributed by atoms with E-state index in [4.69, 9.17) is 9.47 Å². The molecule has 0 bridgehead atoms. The zero-order valence-corrected chi connectivity index (χ0v) is 23.5. The Morgan fingerprint density at radius 3 is 2.51 bits per heavy atom. The topological polar surface area (TPSA) is 93.2 Å². The van der Waals surface area contributed by atoms with E-state index in [1.807, 2.05) is 13.8 Å². The van der Waals surface area contributed by atoms with Gasteiger partial charge in [0.25, 0.3) is 0 Å². The number of H-pyrrole nitrogens is 1. The van der Waals surface area contributed by atoms with Crippen LogP contribution in [0.25, 0.3) is 28.7 Å². The molecule has 0 aliphatic carbocycles. The van der Waals surface area contributed by atoms with E-state index in [0.29, 0.717) is 35.6 Å². The molecule has 2 aromatic heterocycles. The molecule has 12 heteroatoms. The summed E-state index contributed by atoms with van der Waals surface area (Å²) in [5.74, 6) is -0.577. The van der Waals surface area contributed by atoms with Crippen LogP contribution in [0.2, 0.25) is 0 Å². The Morgan fingerprint density at radius 1 is 1.02 bits per heavy atom. The number of carbonyl (C=O) groups excluding carboxylic acids is 1. The lowest BCUT2D eigenvalue weighted by molar-refractivity contribution is -0.149. The number of aromatic amines is 1. The first-order valence-corrected chi connectivity index (χ1v) is 13.8. The Kier molecular flexibility index (Phi) is 8.74. The van der Waals surface area contributed by atoms with Crippen LogP contribution in [0.5, 0.6) is 5.75 Å². The molecule has 0 radical (unpaired) electrons. The van der Waals surface area contributed by atoms with Crippen LogP contribution < -0.4 is 4.74 Å². The van der Waals surface area contributed by atoms with Crippen LogP contribution in [0.4, 0.5) is 17.6 Å². The second-order valence-electron chi connectivity index (χ2n) is 9.88. The van der Waals surface area contributed by atoms with Gasteiger partial charge in [0.05, 0.1) is 53.7 Å². The number of imidazole rings is 1. The molecule has 43 heavy (non-hydrogen) atoms. The highest BCUT2D eigenvalue weighted by Gasteiger charge is 2.36. The molecule has 8 nitrogen and oxygen atoms in total. The van der Waals surface area contributed by atoms with Crippen LogP contribution in [0.1, 0.15) is 55.4 Å². The number of ether oxygens (including phenoxy) is 2. The second kappa shape index (κ2) is 12.6. The van der Waals surface area contributed by atoms with Crippen molar-refractivity contribution in [2.24, 2.45) is 0 Å². The maximum absolute atomic E-state index is 14.4. The van der Waals surface area contributed by atoms with Crippen LogP contribution in [0, 0.1) is 5.82 Å². The summed E-state index contributed by atoms with van der Waals surface area (Å²) in [7, 11) is 0. The normalized spacial score (nSPS) is 13.5. The summed E-state index contributed by atoms with van der Waals surface area (Å²) in [6, 6.07) is 11.7. The fourth-order valence-corrected chi connectivity index (χ4v) is 4.67. The van der Waals surface area contributed by atoms with Gasteiger partial charge in [-0.05, 0) is 61.4 Å². The molecule has 5 rings (SSSR count). The van der Waals surface area contributed by atoms with Crippen molar-refractivity contribution in [1.29, 1.82) is 0 Å². The van der Waals surface area contributed by atoms with E-state index in [2.05, 4.69) is 20.2 Å². The molecular formula is C31H29F4N5O3. The SMILES string of the molecule is CCCOC(=O)C(c1ccc(-c2ccc(OCCC)cc2C(F)(F)F)nn1)N1C=Cc2nc(-c3ccccc3F)[nH]c2C1. The van der Waals surface area contributed by atoms with Crippen LogP contribution in [-0.2, 0) is 22.3 Å². The van der Waals surface area contributed by atoms with Crippen molar-refractivity contribution in [3.05, 3.63) is 89.3 Å². The number of nitrogens with one attached hydrogen (secondary N) is 1. The number of alkyl halides is 3. The number of aromatic nitrogens is 4. The fourth-order valence-electron chi connectivity index (χ4n) is 4.67. The maximum Gasteiger partial charge on any atom is 0.417 e. The molecule has 4 aromatic rings. The third-order valence-electron chi connectivity index (χ3n) is 6.72. The Bertz CT molecular complexity index is 1620. The fraction of sp³-hybridized carbons (Fsp3) is 0.290. The van der Waals surface area contributed by atoms with Crippen LogP contribution in [0.15, 0.2) is 60.8 Å². The maximum atomic E-state index is 14.4. The van der Waals surface area contributed by atoms with E-state index in [1.165, 1.54) is 30.3 Å². The molecule has 2 aromatic carbocycles. The molecule has 1 aliphatic heterocycles. The average molecular weight is 596 g/mol. The molecule has 1 atom stereocenters. The van der Waals surface area contributed by atoms with Gasteiger partial charge in [0.2, 0.25) is 0 Å². The van der Waals surface area contributed by atoms with Crippen molar-refractivity contribution < 1.29 is 31.8 Å². The number of hydrogen-bond donors (Lipinski definition) is 1. The van der Waals surface area contributed by atoms with E-state index < -0.39 is 29.6 Å². The molecule has 0 amide bonds. The van der Waals surface area contributed by atoms with E-state index in [9.17, 15) is 22.4 Å². The lowest BCUT2D eigenvalue weighted by Gasteiger charge is -2.30. The van der Waals surface area contributed by atoms with Gasteiger partial charge in [-0.25, -0.2) is 14.2 Å². The standard InChI is InChI=1S/C31H29F4N5O3/c1-3-15-42-19-9-10-20(22(17-19)31(33,34)35)24-11-12-26(39-38-24)28(30(41)43-16-4-2)40-14-13-25-27(18-40)37-29(36-25)21-7-5-6-8-23(21)32/h5-14,17,28H,3-4,15-16,18H2,1-2H3,(H,36,37). The Balaban J connectivity index is 1.45. The predicted molar refractivity (Wildman–Crippen MR) is 151 cm³/mol. The number of hydrogen-bond acceptors (Lipinski definition) is 7. The molecule has 1 aliphatic rings. The Hall–Kier alpha value is -4.74. The molecule has 0 saturated heterocycles. The van der Waals surface area contributed by atoms with E-state index in [1.54, 1.807) is 35.4 Å². The molecule has 1 unspecified atom stereocenters. The van der Waals surface area contributed by atoms with Crippen molar-refractivity contribution in [3.63, 3.8) is 0 Å². The first kappa shape index (κ1) is 29.7. The summed E-state index contributed by atoms with van der Waals surface area (Å²) in [5.41, 5.74) is 0.628. The summed E-state index contributed by atoms with van der Waals surface area (Å²) < 4.78 is 67.1. The molecule has 1 N–H and O–H groups in total. The van der Waals surface area contributed by atoms with E-state index in [-0.39, 0.29) is 42.5 Å². The zero-order chi connectivity index (χ0) is 30.6. The first-order chi connectivity index (χ1) is 20.7. The predicted octanol–water partition coefficient (Wildman–Crippen LogP) is 6.96. The highest BCUT2D eigenvalue weighted by atomic mass is 19.4. The summed E-state index contributed by atoms with van der Waals surface area (Å²) in [6.07, 6.45) is -0.0834. The van der Waals surface area contributed by atoms with E-state index in [0.717, 1.165) is 6.07 Å². The van der Waals surface area contributed by atoms with Gasteiger partial charge >= 0.3 is 12.1 Å². The second-order valence-corrected chi connectivity index (χ2v) is 9.88. The Labute approximate surface area is 245 Å². The van der Waals surface area contributed by atoms with Crippen LogP contribution >= 0.6 is 0 Å². The highest BCUT2D eigenvalue weighted by molar-refractivity contribution is 5.78. The van der Waals surface area contributed by atoms with Crippen molar-refractivity contribution >= 4 is 12.0 Å². The van der Waals surface area contributed by atoms with Gasteiger partial charge < -0.3 is 19.4 Å². The number of fused-ring (bicyclic) bond motifs is 1. The van der Waals surface area contributed by atoms with Gasteiger partial charge in [-0.15, -0.1) is 0 Å². The summed E-state index contributed by atoms with van der Waals surface area (Å²) in [6.45, 7) is 4.36. The van der Waals surface area contributed by atoms with Crippen molar-refractivity contribution in [1.82, 2.24) is 25.1 Å². The molecule has 0 saturated carbocycles. The smallest absolute Gasteiger partial charge is 0.417 e. The average Bonchev–Trinajstić information content (AvgIpc) is 3.42. The van der Waals surface area contributed by atoms with Gasteiger partial charge in [-0.1, -0.05) is 26.0 Å². The quantitative estimate of drug-likeness (QED) is 0.157. The van der Waals surface area contributed by atoms with Crippen molar-refractivity contribution in [2.75, 3.05) is 13.2 Å². The van der Waals surface area contributed by atoms with Crippen LogP contribution in [-0.4, -0.2) is 44.2 Å². The van der Waals surface area contributed by atoms with Crippen molar-refractivity contribution in [2.45, 2.75) is 45.5 Å². The van der Waals surface area contributed by atoms with Gasteiger partial charge in [0.1, 0.15) is 17.4 Å². The third-order valence-corrected chi connectivity index (χ3v) is 6.72. The largest absolute Gasteiger partial charge is 0.494 e. The summed E-state index contributed by atoms with van der Waals surface area (Å²) in [4.78, 5) is 22.5. The summed E-state index contributed by atoms with van der Waals surface area (Å²) >= 11 is 0. The molecule has 0 spiro atoms. The lowest BCUT2D eigenvalue weighted by atomic mass is 10.0. The minimum atomic E-state index is -4.66. The summed E-state index contributed by atoms with van der Waals surface area (Å²) in [5, 5.41) is 8.25. The molecule has 3 heterocycles. The molecule has 0 fully saturated rings. The zero-order valence-electron chi connectivity index (χ0n) is 23.5. The minimum absolute atomic E-state index is 0.0154. The Morgan fingerprint density at radius 2 is 1.81 bits per heavy atom. The van der Waals surface area contributed by atoms with Gasteiger partial charge in [0, 0.05) is 11.8 Å². The van der Waals surface area contributed by atoms with Crippen LogP contribution in [0.3, 0.4) is 0 Å². The number of esters is 1. The number of rotatable bonds is 10. The van der Waals surface area contributed by atoms with Crippen molar-refractivity contribution in [3.8, 4) is 28.4 Å². The number of nitrogens with zero attached hydrogens (tertiary/aromatic N) is 4. The minimum Gasteiger partial charge on any atom is -0.494 e. The van der Waals surface area contributed by atoms with Gasteiger partial charge in [-0.2, -0.15) is 23.4 Å². The monoisotopic (exact) mass is 595 g/mol. The van der Waals surface area contributed by atoms with E-state index >= 15 is 0 Å². The molecular weight excluding hydrogens is 566 g/mol.